The Labute approximate surface area is 87.7 Å². The average molecular weight is 188 g/mol. The molecule has 76 valence electrons. The Morgan fingerprint density at radius 3 is 1.21 bits per heavy atom. The number of hydrogen-bond acceptors (Lipinski definition) is 0. The van der Waals surface area contributed by atoms with Crippen molar-refractivity contribution in [3.8, 4) is 0 Å². The summed E-state index contributed by atoms with van der Waals surface area (Å²) < 4.78 is 0. The van der Waals surface area contributed by atoms with Crippen molar-refractivity contribution in [1.29, 1.82) is 0 Å². The summed E-state index contributed by atoms with van der Waals surface area (Å²) in [5.41, 5.74) is 0. The van der Waals surface area contributed by atoms with Crippen molar-refractivity contribution in [1.82, 2.24) is 0 Å². The normalized spacial score (nSPS) is 28.6. The van der Waals surface area contributed by atoms with Crippen LogP contribution >= 0.6 is 0 Å². The highest BCUT2D eigenvalue weighted by Gasteiger charge is 1.83. The van der Waals surface area contributed by atoms with Gasteiger partial charge in [0.25, 0.3) is 0 Å². The molecule has 0 aromatic carbocycles. The van der Waals surface area contributed by atoms with Gasteiger partial charge in [-0.05, 0) is 38.5 Å². The maximum Gasteiger partial charge on any atom is -0.0313 e. The zero-order valence-electron chi connectivity index (χ0n) is 8.86. The van der Waals surface area contributed by atoms with Crippen LogP contribution in [-0.4, -0.2) is 0 Å². The molecule has 0 aliphatic heterocycles. The fraction of sp³-hybridized carbons (Fsp3) is 0.429. The zero-order valence-corrected chi connectivity index (χ0v) is 8.86. The summed E-state index contributed by atoms with van der Waals surface area (Å²) in [7, 11) is 0. The Bertz CT molecular complexity index is 202. The lowest BCUT2D eigenvalue weighted by Crippen LogP contribution is -1.72. The highest BCUT2D eigenvalue weighted by molar-refractivity contribution is 5.05. The first kappa shape index (κ1) is 11.0. The molecule has 1 rings (SSSR count). The molecule has 1 aliphatic carbocycles. The average Bonchev–Trinajstić information content (AvgIpc) is 2.22. The van der Waals surface area contributed by atoms with E-state index in [1.807, 2.05) is 0 Å². The summed E-state index contributed by atoms with van der Waals surface area (Å²) in [6, 6.07) is 0. The fourth-order valence-electron chi connectivity index (χ4n) is 1.42. The van der Waals surface area contributed by atoms with Crippen molar-refractivity contribution in [2.45, 2.75) is 38.5 Å². The van der Waals surface area contributed by atoms with Gasteiger partial charge in [0, 0.05) is 0 Å². The third-order valence-electron chi connectivity index (χ3n) is 2.26. The van der Waals surface area contributed by atoms with Crippen molar-refractivity contribution >= 4 is 0 Å². The van der Waals surface area contributed by atoms with Gasteiger partial charge >= 0.3 is 0 Å². The Hall–Kier alpha value is -1.04. The van der Waals surface area contributed by atoms with E-state index in [0.717, 1.165) is 12.8 Å². The molecule has 0 aromatic rings. The van der Waals surface area contributed by atoms with Crippen LogP contribution in [0.3, 0.4) is 0 Å². The molecule has 0 radical (unpaired) electrons. The molecule has 0 N–H and O–H groups in total. The van der Waals surface area contributed by atoms with Gasteiger partial charge in [-0.25, -0.2) is 0 Å². The first-order valence-corrected chi connectivity index (χ1v) is 5.63. The second kappa shape index (κ2) is 8.55. The van der Waals surface area contributed by atoms with E-state index in [1.165, 1.54) is 25.7 Å². The second-order valence-electron chi connectivity index (χ2n) is 3.57. The van der Waals surface area contributed by atoms with Gasteiger partial charge in [-0.2, -0.15) is 0 Å². The third-order valence-corrected chi connectivity index (χ3v) is 2.26. The molecule has 0 saturated heterocycles. The highest BCUT2D eigenvalue weighted by atomic mass is 13.9. The summed E-state index contributed by atoms with van der Waals surface area (Å²) in [6.07, 6.45) is 25.0. The molecule has 0 heteroatoms. The molecule has 0 spiro atoms. The molecule has 0 fully saturated rings. The van der Waals surface area contributed by atoms with E-state index in [0.29, 0.717) is 0 Å². The Kier molecular flexibility index (Phi) is 6.74. The molecule has 14 heavy (non-hydrogen) atoms. The molecule has 0 unspecified atom stereocenters. The van der Waals surface area contributed by atoms with Crippen LogP contribution in [0.1, 0.15) is 38.5 Å². The quantitative estimate of drug-likeness (QED) is 0.522. The van der Waals surface area contributed by atoms with E-state index in [2.05, 4.69) is 48.6 Å². The number of hydrogen-bond donors (Lipinski definition) is 0. The summed E-state index contributed by atoms with van der Waals surface area (Å²) in [5.74, 6) is 0. The molecular formula is C14H20. The van der Waals surface area contributed by atoms with Gasteiger partial charge in [0.1, 0.15) is 0 Å². The van der Waals surface area contributed by atoms with Gasteiger partial charge in [0.05, 0.1) is 0 Å². The van der Waals surface area contributed by atoms with Gasteiger partial charge in [0.15, 0.2) is 0 Å². The summed E-state index contributed by atoms with van der Waals surface area (Å²) >= 11 is 0. The largest absolute Gasteiger partial charge is 0.0845 e. The maximum absolute atomic E-state index is 2.27. The van der Waals surface area contributed by atoms with Crippen LogP contribution in [0.15, 0.2) is 48.6 Å². The van der Waals surface area contributed by atoms with Gasteiger partial charge in [-0.1, -0.05) is 48.6 Å². The minimum atomic E-state index is 1.15. The van der Waals surface area contributed by atoms with E-state index >= 15 is 0 Å². The minimum Gasteiger partial charge on any atom is -0.0845 e. The number of allylic oxidation sites excluding steroid dienone is 8. The van der Waals surface area contributed by atoms with E-state index < -0.39 is 0 Å². The second-order valence-corrected chi connectivity index (χ2v) is 3.57. The molecular weight excluding hydrogens is 168 g/mol. The maximum atomic E-state index is 2.27. The summed E-state index contributed by atoms with van der Waals surface area (Å²) in [4.78, 5) is 0. The van der Waals surface area contributed by atoms with Crippen molar-refractivity contribution in [3.05, 3.63) is 48.6 Å². The van der Waals surface area contributed by atoms with Gasteiger partial charge < -0.3 is 0 Å². The van der Waals surface area contributed by atoms with Crippen LogP contribution in [0.5, 0.6) is 0 Å². The topological polar surface area (TPSA) is 0 Å². The van der Waals surface area contributed by atoms with E-state index in [-0.39, 0.29) is 0 Å². The molecule has 0 atom stereocenters. The van der Waals surface area contributed by atoms with Gasteiger partial charge in [-0.15, -0.1) is 0 Å². The summed E-state index contributed by atoms with van der Waals surface area (Å²) in [5, 5.41) is 0. The van der Waals surface area contributed by atoms with E-state index in [9.17, 15) is 0 Å². The van der Waals surface area contributed by atoms with Crippen molar-refractivity contribution in [2.24, 2.45) is 0 Å². The van der Waals surface area contributed by atoms with E-state index in [4.69, 9.17) is 0 Å². The lowest BCUT2D eigenvalue weighted by molar-refractivity contribution is 0.762. The van der Waals surface area contributed by atoms with Crippen LogP contribution in [0.2, 0.25) is 0 Å². The monoisotopic (exact) mass is 188 g/mol. The molecule has 0 saturated carbocycles. The van der Waals surface area contributed by atoms with Crippen LogP contribution in [-0.2, 0) is 0 Å². The Morgan fingerprint density at radius 1 is 0.429 bits per heavy atom. The van der Waals surface area contributed by atoms with E-state index in [1.54, 1.807) is 0 Å². The van der Waals surface area contributed by atoms with Gasteiger partial charge in [0.2, 0.25) is 0 Å². The molecule has 1 aliphatic rings. The Balaban J connectivity index is 2.34. The molecule has 0 nitrogen and oxygen atoms in total. The van der Waals surface area contributed by atoms with Crippen molar-refractivity contribution < 1.29 is 0 Å². The van der Waals surface area contributed by atoms with Crippen molar-refractivity contribution in [2.75, 3.05) is 0 Å². The third kappa shape index (κ3) is 6.47. The fourth-order valence-corrected chi connectivity index (χ4v) is 1.42. The zero-order chi connectivity index (χ0) is 9.90. The SMILES string of the molecule is C1=C\CC/C=C\C=C/CCCC\C=C/1. The minimum absolute atomic E-state index is 1.15. The van der Waals surface area contributed by atoms with Gasteiger partial charge in [-0.3, -0.25) is 0 Å². The first-order chi connectivity index (χ1) is 7.00. The lowest BCUT2D eigenvalue weighted by Gasteiger charge is -1.92. The van der Waals surface area contributed by atoms with Crippen LogP contribution in [0.4, 0.5) is 0 Å². The Morgan fingerprint density at radius 2 is 0.786 bits per heavy atom. The molecule has 0 aromatic heterocycles. The molecule has 0 amide bonds. The standard InChI is InChI=1S/C14H20/c1-2-4-6-8-10-12-14-13-11-9-7-5-3-1/h1-4,9,11,13-14H,5-8,10,12H2/b3-1-,4-2-,11-9-,14-13-. The van der Waals surface area contributed by atoms with Crippen molar-refractivity contribution in [3.63, 3.8) is 0 Å². The lowest BCUT2D eigenvalue weighted by atomic mass is 10.1. The summed E-state index contributed by atoms with van der Waals surface area (Å²) in [6.45, 7) is 0. The molecule has 0 bridgehead atoms. The molecule has 0 heterocycles. The smallest absolute Gasteiger partial charge is 0.0313 e. The van der Waals surface area contributed by atoms with Crippen LogP contribution in [0.25, 0.3) is 0 Å². The van der Waals surface area contributed by atoms with Crippen LogP contribution < -0.4 is 0 Å². The highest BCUT2D eigenvalue weighted by Crippen LogP contribution is 2.03. The first-order valence-electron chi connectivity index (χ1n) is 5.63. The van der Waals surface area contributed by atoms with Crippen LogP contribution in [0, 0.1) is 0 Å². The predicted molar refractivity (Wildman–Crippen MR) is 64.3 cm³/mol. The number of rotatable bonds is 0. The predicted octanol–water partition coefficient (Wildman–Crippen LogP) is 4.57.